The number of aromatic carboxylic acids is 2. The molecule has 0 aromatic heterocycles. The smallest absolute Gasteiger partial charge is 0.340 e. The first kappa shape index (κ1) is 18.0. The maximum Gasteiger partial charge on any atom is 0.340 e. The molecule has 22 heavy (non-hydrogen) atoms. The Bertz CT molecular complexity index is 496. The van der Waals surface area contributed by atoms with Crippen molar-refractivity contribution in [3.05, 3.63) is 29.3 Å². The van der Waals surface area contributed by atoms with E-state index in [1.807, 2.05) is 0 Å². The summed E-state index contributed by atoms with van der Waals surface area (Å²) in [6.45, 7) is 2.58. The van der Waals surface area contributed by atoms with Crippen LogP contribution in [0.1, 0.15) is 72.6 Å². The summed E-state index contributed by atoms with van der Waals surface area (Å²) in [6, 6.07) is 4.26. The van der Waals surface area contributed by atoms with Crippen LogP contribution < -0.4 is 4.74 Å². The van der Waals surface area contributed by atoms with E-state index >= 15 is 0 Å². The molecule has 5 heteroatoms. The molecule has 1 rings (SSSR count). The molecule has 0 saturated heterocycles. The van der Waals surface area contributed by atoms with E-state index in [1.54, 1.807) is 0 Å². The zero-order valence-corrected chi connectivity index (χ0v) is 13.0. The van der Waals surface area contributed by atoms with Crippen molar-refractivity contribution in [3.63, 3.8) is 0 Å². The number of ether oxygens (including phenoxy) is 1. The zero-order chi connectivity index (χ0) is 16.4. The van der Waals surface area contributed by atoms with Crippen LogP contribution in [-0.2, 0) is 0 Å². The fraction of sp³-hybridized carbons (Fsp3) is 0.529. The standard InChI is InChI=1S/C17H24O5/c1-2-3-4-5-6-7-8-12-22-14-11-9-10-13(16(18)19)15(14)17(20)21/h9-11H,2-8,12H2,1H3,(H,18,19)(H,20,21). The molecule has 122 valence electrons. The fourth-order valence-corrected chi connectivity index (χ4v) is 2.29. The molecule has 0 atom stereocenters. The SMILES string of the molecule is CCCCCCCCCOc1cccc(C(=O)O)c1C(=O)O. The number of carboxylic acids is 2. The summed E-state index contributed by atoms with van der Waals surface area (Å²) in [7, 11) is 0. The Kier molecular flexibility index (Phi) is 8.04. The highest BCUT2D eigenvalue weighted by molar-refractivity contribution is 6.03. The van der Waals surface area contributed by atoms with Crippen LogP contribution in [0.2, 0.25) is 0 Å². The average Bonchev–Trinajstić information content (AvgIpc) is 2.49. The summed E-state index contributed by atoms with van der Waals surface area (Å²) < 4.78 is 5.47. The Balaban J connectivity index is 2.47. The third-order valence-electron chi connectivity index (χ3n) is 3.48. The molecule has 0 unspecified atom stereocenters. The average molecular weight is 308 g/mol. The van der Waals surface area contributed by atoms with E-state index in [0.29, 0.717) is 6.61 Å². The van der Waals surface area contributed by atoms with E-state index in [9.17, 15) is 14.7 Å². The van der Waals surface area contributed by atoms with Crippen molar-refractivity contribution in [2.75, 3.05) is 6.61 Å². The van der Waals surface area contributed by atoms with E-state index in [4.69, 9.17) is 9.84 Å². The van der Waals surface area contributed by atoms with Crippen molar-refractivity contribution in [1.29, 1.82) is 0 Å². The molecule has 5 nitrogen and oxygen atoms in total. The summed E-state index contributed by atoms with van der Waals surface area (Å²) >= 11 is 0. The Labute approximate surface area is 130 Å². The molecule has 1 aromatic carbocycles. The van der Waals surface area contributed by atoms with Crippen LogP contribution in [0.3, 0.4) is 0 Å². The minimum absolute atomic E-state index is 0.124. The second kappa shape index (κ2) is 9.82. The van der Waals surface area contributed by atoms with Crippen LogP contribution >= 0.6 is 0 Å². The van der Waals surface area contributed by atoms with Gasteiger partial charge in [-0.3, -0.25) is 0 Å². The highest BCUT2D eigenvalue weighted by Gasteiger charge is 2.20. The lowest BCUT2D eigenvalue weighted by molar-refractivity contribution is 0.0647. The maximum absolute atomic E-state index is 11.2. The number of hydrogen-bond acceptors (Lipinski definition) is 3. The summed E-state index contributed by atoms with van der Waals surface area (Å²) in [6.07, 6.45) is 7.96. The Morgan fingerprint density at radius 3 is 2.18 bits per heavy atom. The minimum Gasteiger partial charge on any atom is -0.493 e. The molecule has 0 bridgehead atoms. The lowest BCUT2D eigenvalue weighted by atomic mass is 10.1. The van der Waals surface area contributed by atoms with Crippen molar-refractivity contribution in [3.8, 4) is 5.75 Å². The highest BCUT2D eigenvalue weighted by Crippen LogP contribution is 2.23. The van der Waals surface area contributed by atoms with Gasteiger partial charge in [-0.05, 0) is 18.6 Å². The van der Waals surface area contributed by atoms with Gasteiger partial charge >= 0.3 is 11.9 Å². The summed E-state index contributed by atoms with van der Waals surface area (Å²) in [5, 5.41) is 18.2. The topological polar surface area (TPSA) is 83.8 Å². The van der Waals surface area contributed by atoms with Crippen LogP contribution in [0, 0.1) is 0 Å². The molecule has 0 aliphatic carbocycles. The first-order valence-electron chi connectivity index (χ1n) is 7.80. The van der Waals surface area contributed by atoms with Gasteiger partial charge in [-0.15, -0.1) is 0 Å². The second-order valence-corrected chi connectivity index (χ2v) is 5.26. The van der Waals surface area contributed by atoms with Crippen molar-refractivity contribution < 1.29 is 24.5 Å². The van der Waals surface area contributed by atoms with Gasteiger partial charge in [0.25, 0.3) is 0 Å². The highest BCUT2D eigenvalue weighted by atomic mass is 16.5. The summed E-state index contributed by atoms with van der Waals surface area (Å²) in [5.41, 5.74) is -0.525. The molecule has 0 heterocycles. The number of rotatable bonds is 11. The minimum atomic E-state index is -1.28. The van der Waals surface area contributed by atoms with Crippen LogP contribution in [0.15, 0.2) is 18.2 Å². The third-order valence-corrected chi connectivity index (χ3v) is 3.48. The predicted octanol–water partition coefficient (Wildman–Crippen LogP) is 4.21. The lowest BCUT2D eigenvalue weighted by Crippen LogP contribution is -2.11. The quantitative estimate of drug-likeness (QED) is 0.598. The monoisotopic (exact) mass is 308 g/mol. The van der Waals surface area contributed by atoms with Crippen LogP contribution in [0.5, 0.6) is 5.75 Å². The third kappa shape index (κ3) is 5.76. The van der Waals surface area contributed by atoms with E-state index in [2.05, 4.69) is 6.92 Å². The molecule has 2 N–H and O–H groups in total. The molecule has 0 aliphatic rings. The van der Waals surface area contributed by atoms with Gasteiger partial charge in [-0.1, -0.05) is 51.5 Å². The van der Waals surface area contributed by atoms with E-state index in [-0.39, 0.29) is 16.9 Å². The number of carbonyl (C=O) groups is 2. The van der Waals surface area contributed by atoms with Crippen LogP contribution in [0.4, 0.5) is 0 Å². The molecule has 0 aliphatic heterocycles. The maximum atomic E-state index is 11.2. The van der Waals surface area contributed by atoms with Crippen LogP contribution in [0.25, 0.3) is 0 Å². The Morgan fingerprint density at radius 2 is 1.59 bits per heavy atom. The predicted molar refractivity (Wildman–Crippen MR) is 83.8 cm³/mol. The van der Waals surface area contributed by atoms with Crippen LogP contribution in [-0.4, -0.2) is 28.8 Å². The number of benzene rings is 1. The molecular weight excluding hydrogens is 284 g/mol. The lowest BCUT2D eigenvalue weighted by Gasteiger charge is -2.11. The van der Waals surface area contributed by atoms with E-state index < -0.39 is 11.9 Å². The van der Waals surface area contributed by atoms with Gasteiger partial charge in [0.1, 0.15) is 11.3 Å². The molecule has 0 saturated carbocycles. The zero-order valence-electron chi connectivity index (χ0n) is 13.0. The molecule has 0 radical (unpaired) electrons. The Hall–Kier alpha value is -2.04. The van der Waals surface area contributed by atoms with Crippen molar-refractivity contribution in [1.82, 2.24) is 0 Å². The van der Waals surface area contributed by atoms with E-state index in [0.717, 1.165) is 19.3 Å². The second-order valence-electron chi connectivity index (χ2n) is 5.26. The first-order chi connectivity index (χ1) is 10.6. The summed E-state index contributed by atoms with van der Waals surface area (Å²) in [5.74, 6) is -2.43. The van der Waals surface area contributed by atoms with Crippen molar-refractivity contribution >= 4 is 11.9 Å². The van der Waals surface area contributed by atoms with Gasteiger partial charge in [0.05, 0.1) is 12.2 Å². The summed E-state index contributed by atoms with van der Waals surface area (Å²) in [4.78, 5) is 22.3. The number of unbranched alkanes of at least 4 members (excludes halogenated alkanes) is 6. The molecule has 0 fully saturated rings. The molecular formula is C17H24O5. The van der Waals surface area contributed by atoms with Gasteiger partial charge in [0, 0.05) is 0 Å². The van der Waals surface area contributed by atoms with Crippen molar-refractivity contribution in [2.24, 2.45) is 0 Å². The van der Waals surface area contributed by atoms with Gasteiger partial charge in [0.15, 0.2) is 0 Å². The normalized spacial score (nSPS) is 10.4. The largest absolute Gasteiger partial charge is 0.493 e. The number of carboxylic acid groups (broad SMARTS) is 2. The van der Waals surface area contributed by atoms with Gasteiger partial charge in [0.2, 0.25) is 0 Å². The van der Waals surface area contributed by atoms with Gasteiger partial charge in [-0.2, -0.15) is 0 Å². The number of hydrogen-bond donors (Lipinski definition) is 2. The van der Waals surface area contributed by atoms with Gasteiger partial charge < -0.3 is 14.9 Å². The molecule has 0 amide bonds. The molecule has 0 spiro atoms. The van der Waals surface area contributed by atoms with Crippen molar-refractivity contribution in [2.45, 2.75) is 51.9 Å². The first-order valence-corrected chi connectivity index (χ1v) is 7.80. The fourth-order valence-electron chi connectivity index (χ4n) is 2.29. The Morgan fingerprint density at radius 1 is 0.955 bits per heavy atom. The van der Waals surface area contributed by atoms with E-state index in [1.165, 1.54) is 43.9 Å². The molecule has 1 aromatic rings. The van der Waals surface area contributed by atoms with Gasteiger partial charge in [-0.25, -0.2) is 9.59 Å².